The summed E-state index contributed by atoms with van der Waals surface area (Å²) in [5.41, 5.74) is 2.17. The lowest BCUT2D eigenvalue weighted by Gasteiger charge is -2.17. The highest BCUT2D eigenvalue weighted by atomic mass is 15.4. The molecule has 2 aromatic rings. The van der Waals surface area contributed by atoms with Crippen LogP contribution in [-0.4, -0.2) is 26.5 Å². The Morgan fingerprint density at radius 3 is 2.89 bits per heavy atom. The van der Waals surface area contributed by atoms with Crippen molar-refractivity contribution in [1.29, 1.82) is 0 Å². The smallest absolute Gasteiger partial charge is 0.0757 e. The summed E-state index contributed by atoms with van der Waals surface area (Å²) in [7, 11) is 1.92. The summed E-state index contributed by atoms with van der Waals surface area (Å²) in [6.07, 6.45) is 5.59. The van der Waals surface area contributed by atoms with Crippen molar-refractivity contribution in [1.82, 2.24) is 25.3 Å². The Hall–Kier alpha value is -1.75. The minimum Gasteiger partial charge on any atom is -0.308 e. The van der Waals surface area contributed by atoms with Crippen LogP contribution >= 0.6 is 0 Å². The van der Waals surface area contributed by atoms with Crippen LogP contribution in [0.1, 0.15) is 30.8 Å². The van der Waals surface area contributed by atoms with Gasteiger partial charge in [-0.1, -0.05) is 18.2 Å². The Morgan fingerprint density at radius 2 is 2.28 bits per heavy atom. The summed E-state index contributed by atoms with van der Waals surface area (Å²) in [6.45, 7) is 3.13. The zero-order valence-corrected chi connectivity index (χ0v) is 10.9. The summed E-state index contributed by atoms with van der Waals surface area (Å²) >= 11 is 0. The topological polar surface area (TPSA) is 55.6 Å². The fourth-order valence-corrected chi connectivity index (χ4v) is 1.94. The first-order chi connectivity index (χ1) is 8.81. The van der Waals surface area contributed by atoms with E-state index in [0.29, 0.717) is 0 Å². The zero-order valence-electron chi connectivity index (χ0n) is 10.9. The fraction of sp³-hybridized carbons (Fsp3) is 0.462. The Kier molecular flexibility index (Phi) is 4.41. The molecule has 0 aliphatic heterocycles. The number of nitrogens with one attached hydrogen (secondary N) is 1. The van der Waals surface area contributed by atoms with E-state index in [1.165, 1.54) is 0 Å². The van der Waals surface area contributed by atoms with Crippen molar-refractivity contribution < 1.29 is 0 Å². The van der Waals surface area contributed by atoms with Gasteiger partial charge in [-0.2, -0.15) is 0 Å². The van der Waals surface area contributed by atoms with Crippen molar-refractivity contribution in [3.05, 3.63) is 42.0 Å². The van der Waals surface area contributed by atoms with Crippen molar-refractivity contribution in [2.45, 2.75) is 25.8 Å². The lowest BCUT2D eigenvalue weighted by atomic mass is 10.1. The van der Waals surface area contributed by atoms with Gasteiger partial charge >= 0.3 is 0 Å². The quantitative estimate of drug-likeness (QED) is 0.838. The van der Waals surface area contributed by atoms with E-state index in [9.17, 15) is 0 Å². The Balaban J connectivity index is 2.13. The molecule has 1 atom stereocenters. The van der Waals surface area contributed by atoms with Gasteiger partial charge in [0.1, 0.15) is 0 Å². The second kappa shape index (κ2) is 6.26. The number of rotatable bonds is 6. The van der Waals surface area contributed by atoms with Crippen LogP contribution < -0.4 is 5.32 Å². The highest BCUT2D eigenvalue weighted by molar-refractivity contribution is 5.11. The van der Waals surface area contributed by atoms with E-state index in [4.69, 9.17) is 0 Å². The van der Waals surface area contributed by atoms with Gasteiger partial charge in [-0.05, 0) is 25.1 Å². The normalized spacial score (nSPS) is 12.6. The molecule has 0 saturated carbocycles. The molecule has 96 valence electrons. The summed E-state index contributed by atoms with van der Waals surface area (Å²) in [4.78, 5) is 4.38. The van der Waals surface area contributed by atoms with E-state index < -0.39 is 0 Å². The fourth-order valence-electron chi connectivity index (χ4n) is 1.94. The van der Waals surface area contributed by atoms with Gasteiger partial charge in [0, 0.05) is 25.4 Å². The maximum absolute atomic E-state index is 4.38. The van der Waals surface area contributed by atoms with Gasteiger partial charge in [0.05, 0.1) is 17.9 Å². The minimum absolute atomic E-state index is 0.208. The molecule has 0 aliphatic rings. The summed E-state index contributed by atoms with van der Waals surface area (Å²) in [6, 6.07) is 6.20. The van der Waals surface area contributed by atoms with Crippen molar-refractivity contribution in [3.63, 3.8) is 0 Å². The molecular formula is C13H19N5. The number of aromatic nitrogens is 4. The molecule has 0 spiro atoms. The van der Waals surface area contributed by atoms with Gasteiger partial charge in [0.25, 0.3) is 0 Å². The third-order valence-corrected chi connectivity index (χ3v) is 2.89. The third kappa shape index (κ3) is 3.13. The zero-order chi connectivity index (χ0) is 12.8. The molecule has 0 amide bonds. The Labute approximate surface area is 107 Å². The van der Waals surface area contributed by atoms with E-state index in [2.05, 4.69) is 27.5 Å². The van der Waals surface area contributed by atoms with Crippen LogP contribution in [0.25, 0.3) is 0 Å². The van der Waals surface area contributed by atoms with E-state index in [-0.39, 0.29) is 6.04 Å². The predicted molar refractivity (Wildman–Crippen MR) is 70.0 cm³/mol. The number of hydrogen-bond acceptors (Lipinski definition) is 4. The van der Waals surface area contributed by atoms with Gasteiger partial charge in [0.2, 0.25) is 0 Å². The molecule has 5 nitrogen and oxygen atoms in total. The third-order valence-electron chi connectivity index (χ3n) is 2.89. The summed E-state index contributed by atoms with van der Waals surface area (Å²) in [5, 5.41) is 11.5. The molecule has 0 radical (unpaired) electrons. The van der Waals surface area contributed by atoms with Gasteiger partial charge in [-0.25, -0.2) is 0 Å². The van der Waals surface area contributed by atoms with Crippen LogP contribution in [0.15, 0.2) is 30.6 Å². The highest BCUT2D eigenvalue weighted by Gasteiger charge is 2.16. The minimum atomic E-state index is 0.208. The molecule has 2 aromatic heterocycles. The second-order valence-corrected chi connectivity index (χ2v) is 4.31. The predicted octanol–water partition coefficient (Wildman–Crippen LogP) is 1.49. The lowest BCUT2D eigenvalue weighted by molar-refractivity contribution is 0.488. The molecule has 2 heterocycles. The van der Waals surface area contributed by atoms with Gasteiger partial charge in [-0.15, -0.1) is 5.10 Å². The average Bonchev–Trinajstić information content (AvgIpc) is 2.82. The monoisotopic (exact) mass is 245 g/mol. The van der Waals surface area contributed by atoms with Crippen LogP contribution in [-0.2, 0) is 13.5 Å². The second-order valence-electron chi connectivity index (χ2n) is 4.31. The molecule has 0 fully saturated rings. The largest absolute Gasteiger partial charge is 0.308 e. The summed E-state index contributed by atoms with van der Waals surface area (Å²) < 4.78 is 1.82. The standard InChI is InChI=1S/C13H19N5/c1-3-7-15-12(13-10-16-17-18(13)2)9-11-6-4-5-8-14-11/h4-6,8,10,12,15H,3,7,9H2,1-2H3. The molecule has 0 saturated heterocycles. The molecule has 0 bridgehead atoms. The van der Waals surface area contributed by atoms with Crippen LogP contribution in [0.3, 0.4) is 0 Å². The molecule has 5 heteroatoms. The number of pyridine rings is 1. The number of nitrogens with zero attached hydrogens (tertiary/aromatic N) is 4. The molecule has 1 N–H and O–H groups in total. The average molecular weight is 245 g/mol. The molecule has 0 aromatic carbocycles. The molecule has 0 aliphatic carbocycles. The van der Waals surface area contributed by atoms with Gasteiger partial charge < -0.3 is 5.32 Å². The van der Waals surface area contributed by atoms with Gasteiger partial charge in [-0.3, -0.25) is 9.67 Å². The maximum Gasteiger partial charge on any atom is 0.0757 e. The van der Waals surface area contributed by atoms with Crippen molar-refractivity contribution in [3.8, 4) is 0 Å². The van der Waals surface area contributed by atoms with E-state index in [1.54, 1.807) is 0 Å². The summed E-state index contributed by atoms with van der Waals surface area (Å²) in [5.74, 6) is 0. The SMILES string of the molecule is CCCNC(Cc1ccccn1)c1cnnn1C. The Bertz CT molecular complexity index is 465. The van der Waals surface area contributed by atoms with Crippen LogP contribution in [0.2, 0.25) is 0 Å². The molecule has 1 unspecified atom stereocenters. The first-order valence-electron chi connectivity index (χ1n) is 6.29. The molecule has 18 heavy (non-hydrogen) atoms. The van der Waals surface area contributed by atoms with E-state index in [1.807, 2.05) is 42.3 Å². The van der Waals surface area contributed by atoms with Crippen molar-refractivity contribution >= 4 is 0 Å². The van der Waals surface area contributed by atoms with Crippen LogP contribution in [0, 0.1) is 0 Å². The van der Waals surface area contributed by atoms with Crippen LogP contribution in [0.4, 0.5) is 0 Å². The van der Waals surface area contributed by atoms with Crippen molar-refractivity contribution in [2.24, 2.45) is 7.05 Å². The first kappa shape index (κ1) is 12.7. The number of hydrogen-bond donors (Lipinski definition) is 1. The Morgan fingerprint density at radius 1 is 1.39 bits per heavy atom. The molecule has 2 rings (SSSR count). The van der Waals surface area contributed by atoms with Gasteiger partial charge in [0.15, 0.2) is 0 Å². The number of aryl methyl sites for hydroxylation is 1. The van der Waals surface area contributed by atoms with E-state index >= 15 is 0 Å². The van der Waals surface area contributed by atoms with Crippen LogP contribution in [0.5, 0.6) is 0 Å². The highest BCUT2D eigenvalue weighted by Crippen LogP contribution is 2.15. The first-order valence-corrected chi connectivity index (χ1v) is 6.29. The maximum atomic E-state index is 4.38. The molecular weight excluding hydrogens is 226 g/mol. The van der Waals surface area contributed by atoms with Crippen molar-refractivity contribution in [2.75, 3.05) is 6.54 Å². The van der Waals surface area contributed by atoms with E-state index in [0.717, 1.165) is 30.8 Å². The lowest BCUT2D eigenvalue weighted by Crippen LogP contribution is -2.26.